The van der Waals surface area contributed by atoms with Crippen LogP contribution in [0.3, 0.4) is 0 Å². The lowest BCUT2D eigenvalue weighted by molar-refractivity contribution is -0.127. The first-order valence-corrected chi connectivity index (χ1v) is 8.87. The molecule has 0 radical (unpaired) electrons. The molecule has 0 fully saturated rings. The number of benzene rings is 1. The number of amides is 1. The molecule has 1 aliphatic rings. The van der Waals surface area contributed by atoms with Gasteiger partial charge < -0.3 is 10.1 Å². The molecule has 0 spiro atoms. The third-order valence-electron chi connectivity index (χ3n) is 3.56. The molecule has 1 aromatic carbocycles. The molecule has 1 aliphatic heterocycles. The van der Waals surface area contributed by atoms with E-state index in [1.54, 1.807) is 24.3 Å². The molecule has 0 saturated heterocycles. The quantitative estimate of drug-likeness (QED) is 0.829. The summed E-state index contributed by atoms with van der Waals surface area (Å²) in [4.78, 5) is 15.7. The van der Waals surface area contributed by atoms with Gasteiger partial charge in [-0.1, -0.05) is 23.7 Å². The normalized spacial score (nSPS) is 16.9. The van der Waals surface area contributed by atoms with E-state index in [2.05, 4.69) is 10.3 Å². The molecular formula is C15H14ClN3O4S. The van der Waals surface area contributed by atoms with Crippen molar-refractivity contribution in [3.05, 3.63) is 47.7 Å². The summed E-state index contributed by atoms with van der Waals surface area (Å²) < 4.78 is 32.7. The molecule has 3 rings (SSSR count). The molecule has 1 unspecified atom stereocenters. The van der Waals surface area contributed by atoms with Gasteiger partial charge in [0.1, 0.15) is 15.8 Å². The van der Waals surface area contributed by atoms with E-state index in [-0.39, 0.29) is 16.6 Å². The summed E-state index contributed by atoms with van der Waals surface area (Å²) in [5.74, 6) is -0.0817. The van der Waals surface area contributed by atoms with Crippen molar-refractivity contribution in [1.82, 2.24) is 10.3 Å². The molecule has 24 heavy (non-hydrogen) atoms. The summed E-state index contributed by atoms with van der Waals surface area (Å²) in [5.41, 5.74) is 0.368. The topological polar surface area (TPSA) is 88.6 Å². The van der Waals surface area contributed by atoms with Gasteiger partial charge in [-0.15, -0.1) is 0 Å². The number of hydrogen-bond acceptors (Lipinski definition) is 5. The first-order chi connectivity index (χ1) is 11.4. The van der Waals surface area contributed by atoms with E-state index < -0.39 is 22.0 Å². The Morgan fingerprint density at radius 2 is 2.08 bits per heavy atom. The Balaban J connectivity index is 2.07. The summed E-state index contributed by atoms with van der Waals surface area (Å²) in [6.45, 7) is -0.137. The van der Waals surface area contributed by atoms with Crippen molar-refractivity contribution < 1.29 is 17.9 Å². The number of carbonyl (C=O) groups is 1. The minimum atomic E-state index is -3.91. The fourth-order valence-corrected chi connectivity index (χ4v) is 3.90. The largest absolute Gasteiger partial charge is 0.476 e. The van der Waals surface area contributed by atoms with Crippen molar-refractivity contribution in [2.45, 2.75) is 11.0 Å². The van der Waals surface area contributed by atoms with Crippen molar-refractivity contribution in [1.29, 1.82) is 0 Å². The van der Waals surface area contributed by atoms with Gasteiger partial charge in [0.2, 0.25) is 0 Å². The number of pyridine rings is 1. The van der Waals surface area contributed by atoms with Crippen LogP contribution in [0.25, 0.3) is 0 Å². The Morgan fingerprint density at radius 3 is 2.75 bits per heavy atom. The summed E-state index contributed by atoms with van der Waals surface area (Å²) in [7, 11) is -2.45. The van der Waals surface area contributed by atoms with Gasteiger partial charge in [0, 0.05) is 13.2 Å². The summed E-state index contributed by atoms with van der Waals surface area (Å²) in [5, 5.41) is 2.66. The minimum Gasteiger partial charge on any atom is -0.476 e. The molecule has 9 heteroatoms. The number of anilines is 1. The second-order valence-electron chi connectivity index (χ2n) is 5.04. The van der Waals surface area contributed by atoms with Crippen LogP contribution in [-0.4, -0.2) is 39.0 Å². The van der Waals surface area contributed by atoms with E-state index >= 15 is 0 Å². The van der Waals surface area contributed by atoms with E-state index in [0.29, 0.717) is 11.4 Å². The zero-order chi connectivity index (χ0) is 17.3. The second kappa shape index (κ2) is 6.29. The molecule has 1 N–H and O–H groups in total. The first kappa shape index (κ1) is 16.5. The maximum Gasteiger partial charge on any atom is 0.266 e. The Labute approximate surface area is 144 Å². The summed E-state index contributed by atoms with van der Waals surface area (Å²) in [6.07, 6.45) is 0.241. The molecule has 0 aliphatic carbocycles. The van der Waals surface area contributed by atoms with Crippen molar-refractivity contribution in [2.75, 3.05) is 17.9 Å². The lowest BCUT2D eigenvalue weighted by Gasteiger charge is -2.34. The number of nitrogens with one attached hydrogen (secondary N) is 1. The number of carbonyl (C=O) groups excluding carboxylic acids is 1. The third kappa shape index (κ3) is 2.90. The van der Waals surface area contributed by atoms with Crippen LogP contribution >= 0.6 is 11.6 Å². The van der Waals surface area contributed by atoms with Crippen molar-refractivity contribution in [2.24, 2.45) is 0 Å². The first-order valence-electron chi connectivity index (χ1n) is 7.05. The van der Waals surface area contributed by atoms with Crippen molar-refractivity contribution in [3.8, 4) is 5.75 Å². The van der Waals surface area contributed by atoms with Gasteiger partial charge in [-0.05, 0) is 24.3 Å². The van der Waals surface area contributed by atoms with Crippen LogP contribution in [-0.2, 0) is 14.8 Å². The van der Waals surface area contributed by atoms with E-state index in [4.69, 9.17) is 16.3 Å². The van der Waals surface area contributed by atoms with Gasteiger partial charge in [-0.3, -0.25) is 9.10 Å². The number of fused-ring (bicyclic) bond motifs is 1. The van der Waals surface area contributed by atoms with Gasteiger partial charge in [0.05, 0.1) is 12.2 Å². The van der Waals surface area contributed by atoms with Crippen LogP contribution in [0.5, 0.6) is 5.75 Å². The highest BCUT2D eigenvalue weighted by Gasteiger charge is 2.37. The average molecular weight is 368 g/mol. The second-order valence-corrected chi connectivity index (χ2v) is 7.29. The SMILES string of the molecule is CNC(=O)C1CN(S(=O)(=O)c2ccc(Cl)nc2)c2ccccc2O1. The number of hydrogen-bond donors (Lipinski definition) is 1. The van der Waals surface area contributed by atoms with Gasteiger partial charge in [0.15, 0.2) is 6.10 Å². The average Bonchev–Trinajstić information content (AvgIpc) is 2.60. The molecule has 1 aromatic heterocycles. The Hall–Kier alpha value is -2.32. The van der Waals surface area contributed by atoms with Crippen LogP contribution in [0.4, 0.5) is 5.69 Å². The Kier molecular flexibility index (Phi) is 4.33. The highest BCUT2D eigenvalue weighted by molar-refractivity contribution is 7.92. The monoisotopic (exact) mass is 367 g/mol. The van der Waals surface area contributed by atoms with Crippen molar-refractivity contribution in [3.63, 3.8) is 0 Å². The van der Waals surface area contributed by atoms with E-state index in [1.807, 2.05) is 0 Å². The number of nitrogens with zero attached hydrogens (tertiary/aromatic N) is 2. The fourth-order valence-electron chi connectivity index (χ4n) is 2.37. The third-order valence-corrected chi connectivity index (χ3v) is 5.55. The van der Waals surface area contributed by atoms with Gasteiger partial charge in [0.25, 0.3) is 15.9 Å². The predicted molar refractivity (Wildman–Crippen MR) is 88.7 cm³/mol. The fraction of sp³-hybridized carbons (Fsp3) is 0.200. The molecule has 0 saturated carbocycles. The van der Waals surface area contributed by atoms with Crippen LogP contribution in [0.15, 0.2) is 47.5 Å². The summed E-state index contributed by atoms with van der Waals surface area (Å²) >= 11 is 5.72. The minimum absolute atomic E-state index is 0.0146. The lowest BCUT2D eigenvalue weighted by Crippen LogP contribution is -2.50. The maximum absolute atomic E-state index is 13.0. The van der Waals surface area contributed by atoms with Crippen LogP contribution in [0.2, 0.25) is 5.15 Å². The number of ether oxygens (including phenoxy) is 1. The predicted octanol–water partition coefficient (Wildman–Crippen LogP) is 1.44. The van der Waals surface area contributed by atoms with Crippen LogP contribution < -0.4 is 14.4 Å². The standard InChI is InChI=1S/C15H14ClN3O4S/c1-17-15(20)13-9-19(11-4-2-3-5-12(11)23-13)24(21,22)10-6-7-14(16)18-8-10/h2-8,13H,9H2,1H3,(H,17,20). The van der Waals surface area contributed by atoms with Gasteiger partial charge in [-0.2, -0.15) is 0 Å². The zero-order valence-electron chi connectivity index (χ0n) is 12.6. The van der Waals surface area contributed by atoms with E-state index in [9.17, 15) is 13.2 Å². The molecule has 2 heterocycles. The van der Waals surface area contributed by atoms with Crippen molar-refractivity contribution >= 4 is 33.2 Å². The molecule has 126 valence electrons. The smallest absolute Gasteiger partial charge is 0.266 e. The molecule has 7 nitrogen and oxygen atoms in total. The molecule has 1 atom stereocenters. The maximum atomic E-state index is 13.0. The number of para-hydroxylation sites is 2. The number of sulfonamides is 1. The number of halogens is 1. The Bertz CT molecular complexity index is 871. The highest BCUT2D eigenvalue weighted by atomic mass is 35.5. The number of aromatic nitrogens is 1. The molecule has 1 amide bonds. The van der Waals surface area contributed by atoms with Gasteiger partial charge >= 0.3 is 0 Å². The zero-order valence-corrected chi connectivity index (χ0v) is 14.2. The lowest BCUT2D eigenvalue weighted by atomic mass is 10.2. The van der Waals surface area contributed by atoms with Gasteiger partial charge in [-0.25, -0.2) is 13.4 Å². The van der Waals surface area contributed by atoms with E-state index in [1.165, 1.54) is 25.4 Å². The van der Waals surface area contributed by atoms with Crippen LogP contribution in [0, 0.1) is 0 Å². The van der Waals surface area contributed by atoms with E-state index in [0.717, 1.165) is 4.31 Å². The Morgan fingerprint density at radius 1 is 1.33 bits per heavy atom. The molecule has 0 bridgehead atoms. The number of rotatable bonds is 3. The summed E-state index contributed by atoms with van der Waals surface area (Å²) in [6, 6.07) is 9.42. The molecule has 2 aromatic rings. The van der Waals surface area contributed by atoms with Crippen LogP contribution in [0.1, 0.15) is 0 Å². The number of likely N-dealkylation sites (N-methyl/N-ethyl adjacent to an activating group) is 1. The highest BCUT2D eigenvalue weighted by Crippen LogP contribution is 2.36. The molecular weight excluding hydrogens is 354 g/mol.